The Kier molecular flexibility index (Phi) is 6.78. The maximum Gasteiger partial charge on any atom is 0.269 e. The SMILES string of the molecule is O=C(CC(CNc1ccc([N+](=O)[O-])cc1)Nc1ccccc1)Nc1ccccc1. The van der Waals surface area contributed by atoms with Gasteiger partial charge in [-0.3, -0.25) is 14.9 Å². The molecule has 0 aliphatic heterocycles. The molecule has 29 heavy (non-hydrogen) atoms. The highest BCUT2D eigenvalue weighted by atomic mass is 16.6. The van der Waals surface area contributed by atoms with Crippen molar-refractivity contribution in [3.63, 3.8) is 0 Å². The Morgan fingerprint density at radius 1 is 0.828 bits per heavy atom. The first-order chi connectivity index (χ1) is 14.1. The number of non-ortho nitro benzene ring substituents is 1. The van der Waals surface area contributed by atoms with Crippen LogP contribution in [0.25, 0.3) is 0 Å². The van der Waals surface area contributed by atoms with E-state index in [4.69, 9.17) is 0 Å². The monoisotopic (exact) mass is 390 g/mol. The normalized spacial score (nSPS) is 11.3. The average Bonchev–Trinajstić information content (AvgIpc) is 2.73. The Morgan fingerprint density at radius 2 is 1.41 bits per heavy atom. The van der Waals surface area contributed by atoms with Gasteiger partial charge in [0.05, 0.1) is 11.0 Å². The molecule has 0 aliphatic carbocycles. The number of nitrogens with one attached hydrogen (secondary N) is 3. The van der Waals surface area contributed by atoms with Crippen molar-refractivity contribution in [2.75, 3.05) is 22.5 Å². The lowest BCUT2D eigenvalue weighted by Gasteiger charge is -2.21. The number of nitro groups is 1. The van der Waals surface area contributed by atoms with Gasteiger partial charge in [0.25, 0.3) is 5.69 Å². The van der Waals surface area contributed by atoms with Gasteiger partial charge >= 0.3 is 0 Å². The molecule has 0 saturated carbocycles. The fourth-order valence-corrected chi connectivity index (χ4v) is 2.84. The molecular formula is C22H22N4O3. The van der Waals surface area contributed by atoms with Crippen molar-refractivity contribution in [2.45, 2.75) is 12.5 Å². The molecule has 1 amide bonds. The van der Waals surface area contributed by atoms with Gasteiger partial charge in [0.1, 0.15) is 0 Å². The maximum absolute atomic E-state index is 12.5. The molecule has 3 rings (SSSR count). The first-order valence-electron chi connectivity index (χ1n) is 9.25. The van der Waals surface area contributed by atoms with Crippen LogP contribution in [-0.2, 0) is 4.79 Å². The van der Waals surface area contributed by atoms with Crippen LogP contribution in [0.15, 0.2) is 84.9 Å². The lowest BCUT2D eigenvalue weighted by Crippen LogP contribution is -2.32. The lowest BCUT2D eigenvalue weighted by molar-refractivity contribution is -0.384. The van der Waals surface area contributed by atoms with Crippen molar-refractivity contribution in [1.29, 1.82) is 0 Å². The molecule has 3 aromatic rings. The molecule has 7 heteroatoms. The third-order valence-corrected chi connectivity index (χ3v) is 4.26. The highest BCUT2D eigenvalue weighted by Gasteiger charge is 2.15. The third kappa shape index (κ3) is 6.35. The Morgan fingerprint density at radius 3 is 2.00 bits per heavy atom. The van der Waals surface area contributed by atoms with Crippen molar-refractivity contribution in [1.82, 2.24) is 0 Å². The molecule has 0 saturated heterocycles. The van der Waals surface area contributed by atoms with E-state index in [9.17, 15) is 14.9 Å². The van der Waals surface area contributed by atoms with Crippen molar-refractivity contribution in [3.8, 4) is 0 Å². The lowest BCUT2D eigenvalue weighted by atomic mass is 10.1. The minimum atomic E-state index is -0.433. The fourth-order valence-electron chi connectivity index (χ4n) is 2.84. The summed E-state index contributed by atoms with van der Waals surface area (Å²) in [6.07, 6.45) is 0.254. The van der Waals surface area contributed by atoms with Gasteiger partial charge in [-0.1, -0.05) is 36.4 Å². The second-order valence-electron chi connectivity index (χ2n) is 6.51. The smallest absolute Gasteiger partial charge is 0.269 e. The fraction of sp³-hybridized carbons (Fsp3) is 0.136. The van der Waals surface area contributed by atoms with Crippen LogP contribution in [0.2, 0.25) is 0 Å². The summed E-state index contributed by atoms with van der Waals surface area (Å²) >= 11 is 0. The number of hydrogen-bond donors (Lipinski definition) is 3. The zero-order chi connectivity index (χ0) is 20.5. The third-order valence-electron chi connectivity index (χ3n) is 4.26. The first-order valence-corrected chi connectivity index (χ1v) is 9.25. The molecule has 148 valence electrons. The largest absolute Gasteiger partial charge is 0.383 e. The number of rotatable bonds is 9. The van der Waals surface area contributed by atoms with E-state index in [1.807, 2.05) is 60.7 Å². The van der Waals surface area contributed by atoms with Gasteiger partial charge in [0.2, 0.25) is 5.91 Å². The highest BCUT2D eigenvalue weighted by molar-refractivity contribution is 5.91. The predicted molar refractivity (Wildman–Crippen MR) is 115 cm³/mol. The van der Waals surface area contributed by atoms with Crippen LogP contribution in [0.4, 0.5) is 22.7 Å². The van der Waals surface area contributed by atoms with E-state index in [0.29, 0.717) is 6.54 Å². The standard InChI is InChI=1S/C22H22N4O3/c27-22(25-19-9-5-2-6-10-19)15-20(24-18-7-3-1-4-8-18)16-23-17-11-13-21(14-12-17)26(28)29/h1-14,20,23-24H,15-16H2,(H,25,27). The van der Waals surface area contributed by atoms with Crippen LogP contribution in [0.3, 0.4) is 0 Å². The number of anilines is 3. The number of amides is 1. The van der Waals surface area contributed by atoms with E-state index in [-0.39, 0.29) is 24.1 Å². The zero-order valence-electron chi connectivity index (χ0n) is 15.7. The van der Waals surface area contributed by atoms with Crippen molar-refractivity contribution >= 4 is 28.7 Å². The molecule has 0 aliphatic rings. The summed E-state index contributed by atoms with van der Waals surface area (Å²) in [5.74, 6) is -0.102. The van der Waals surface area contributed by atoms with E-state index >= 15 is 0 Å². The van der Waals surface area contributed by atoms with Gasteiger partial charge in [-0.05, 0) is 36.4 Å². The van der Waals surface area contributed by atoms with E-state index in [2.05, 4.69) is 16.0 Å². The number of para-hydroxylation sites is 2. The number of carbonyl (C=O) groups is 1. The van der Waals surface area contributed by atoms with Crippen LogP contribution in [0.5, 0.6) is 0 Å². The summed E-state index contributed by atoms with van der Waals surface area (Å²) in [6.45, 7) is 0.467. The van der Waals surface area contributed by atoms with Gasteiger partial charge in [-0.2, -0.15) is 0 Å². The van der Waals surface area contributed by atoms with Crippen molar-refractivity contribution in [3.05, 3.63) is 95.0 Å². The molecule has 7 nitrogen and oxygen atoms in total. The first kappa shape index (κ1) is 19.9. The summed E-state index contributed by atoms with van der Waals surface area (Å²) in [5.41, 5.74) is 2.45. The quantitative estimate of drug-likeness (QED) is 0.369. The molecule has 0 fully saturated rings. The summed E-state index contributed by atoms with van der Waals surface area (Å²) in [6, 6.07) is 25.0. The molecule has 1 atom stereocenters. The zero-order valence-corrected chi connectivity index (χ0v) is 15.7. The van der Waals surface area contributed by atoms with E-state index in [1.165, 1.54) is 12.1 Å². The molecular weight excluding hydrogens is 368 g/mol. The Bertz CT molecular complexity index is 931. The topological polar surface area (TPSA) is 96.3 Å². The maximum atomic E-state index is 12.5. The molecule has 3 aromatic carbocycles. The van der Waals surface area contributed by atoms with Gasteiger partial charge in [0, 0.05) is 42.2 Å². The number of hydrogen-bond acceptors (Lipinski definition) is 5. The summed E-state index contributed by atoms with van der Waals surface area (Å²) in [7, 11) is 0. The molecule has 0 bridgehead atoms. The second-order valence-corrected chi connectivity index (χ2v) is 6.51. The van der Waals surface area contributed by atoms with Crippen LogP contribution in [-0.4, -0.2) is 23.4 Å². The molecule has 0 radical (unpaired) electrons. The van der Waals surface area contributed by atoms with E-state index in [1.54, 1.807) is 12.1 Å². The average molecular weight is 390 g/mol. The van der Waals surface area contributed by atoms with Crippen LogP contribution < -0.4 is 16.0 Å². The summed E-state index contributed by atoms with van der Waals surface area (Å²) in [5, 5.41) is 20.3. The number of nitro benzene ring substituents is 1. The molecule has 0 aromatic heterocycles. The Hall–Kier alpha value is -3.87. The number of benzene rings is 3. The van der Waals surface area contributed by atoms with Crippen molar-refractivity contribution < 1.29 is 9.72 Å². The second kappa shape index (κ2) is 9.89. The Labute approximate surface area is 168 Å². The van der Waals surface area contributed by atoms with Crippen LogP contribution in [0.1, 0.15) is 6.42 Å². The molecule has 0 spiro atoms. The van der Waals surface area contributed by atoms with Gasteiger partial charge < -0.3 is 16.0 Å². The van der Waals surface area contributed by atoms with Gasteiger partial charge in [0.15, 0.2) is 0 Å². The summed E-state index contributed by atoms with van der Waals surface area (Å²) in [4.78, 5) is 22.8. The highest BCUT2D eigenvalue weighted by Crippen LogP contribution is 2.17. The van der Waals surface area contributed by atoms with E-state index in [0.717, 1.165) is 17.1 Å². The molecule has 0 heterocycles. The van der Waals surface area contributed by atoms with Crippen LogP contribution in [0, 0.1) is 10.1 Å². The minimum absolute atomic E-state index is 0.0387. The van der Waals surface area contributed by atoms with Crippen LogP contribution >= 0.6 is 0 Å². The Balaban J connectivity index is 1.63. The van der Waals surface area contributed by atoms with E-state index < -0.39 is 4.92 Å². The molecule has 3 N–H and O–H groups in total. The summed E-state index contributed by atoms with van der Waals surface area (Å²) < 4.78 is 0. The number of nitrogens with zero attached hydrogens (tertiary/aromatic N) is 1. The van der Waals surface area contributed by atoms with Gasteiger partial charge in [-0.15, -0.1) is 0 Å². The van der Waals surface area contributed by atoms with Crippen molar-refractivity contribution in [2.24, 2.45) is 0 Å². The molecule has 1 unspecified atom stereocenters. The minimum Gasteiger partial charge on any atom is -0.383 e. The number of carbonyl (C=O) groups excluding carboxylic acids is 1. The van der Waals surface area contributed by atoms with Gasteiger partial charge in [-0.25, -0.2) is 0 Å². The predicted octanol–water partition coefficient (Wildman–Crippen LogP) is 4.52.